The summed E-state index contributed by atoms with van der Waals surface area (Å²) in [6.45, 7) is 3.74. The molecule has 1 aliphatic heterocycles. The smallest absolute Gasteiger partial charge is 0.187 e. The lowest BCUT2D eigenvalue weighted by molar-refractivity contribution is 0.0339. The van der Waals surface area contributed by atoms with Gasteiger partial charge in [0.05, 0.1) is 5.60 Å². The van der Waals surface area contributed by atoms with E-state index in [0.717, 1.165) is 36.8 Å². The van der Waals surface area contributed by atoms with Crippen molar-refractivity contribution in [3.05, 3.63) is 18.0 Å². The van der Waals surface area contributed by atoms with Gasteiger partial charge in [-0.1, -0.05) is 11.8 Å². The van der Waals surface area contributed by atoms with Gasteiger partial charge in [-0.05, 0) is 38.9 Å². The Morgan fingerprint density at radius 1 is 1.50 bits per heavy atom. The standard InChI is InChI=1S/C11H17N3OS/c1-9-2-5-13-10(14-9)16-8-11(15)3-6-12-7-4-11/h2,5,12,15H,3-4,6-8H2,1H3. The SMILES string of the molecule is Cc1ccnc(SCC2(O)CCNCC2)n1. The third-order valence-electron chi connectivity index (χ3n) is 2.78. The van der Waals surface area contributed by atoms with E-state index in [9.17, 15) is 5.11 Å². The number of aliphatic hydroxyl groups is 1. The van der Waals surface area contributed by atoms with Crippen LogP contribution in [-0.4, -0.2) is 39.5 Å². The summed E-state index contributed by atoms with van der Waals surface area (Å²) in [6.07, 6.45) is 3.38. The van der Waals surface area contributed by atoms with Crippen molar-refractivity contribution >= 4 is 11.8 Å². The van der Waals surface area contributed by atoms with Crippen molar-refractivity contribution in [3.8, 4) is 0 Å². The number of rotatable bonds is 3. The number of piperidine rings is 1. The van der Waals surface area contributed by atoms with Gasteiger partial charge in [-0.2, -0.15) is 0 Å². The molecule has 0 atom stereocenters. The maximum atomic E-state index is 10.3. The van der Waals surface area contributed by atoms with Crippen LogP contribution >= 0.6 is 11.8 Å². The number of aryl methyl sites for hydroxylation is 1. The molecule has 88 valence electrons. The normalized spacial score (nSPS) is 19.6. The van der Waals surface area contributed by atoms with Crippen molar-refractivity contribution in [2.45, 2.75) is 30.5 Å². The Hall–Kier alpha value is -0.650. The largest absolute Gasteiger partial charge is 0.389 e. The van der Waals surface area contributed by atoms with E-state index in [1.165, 1.54) is 11.8 Å². The van der Waals surface area contributed by atoms with E-state index in [1.54, 1.807) is 6.20 Å². The fourth-order valence-corrected chi connectivity index (χ4v) is 2.76. The molecule has 1 fully saturated rings. The lowest BCUT2D eigenvalue weighted by atomic mass is 9.95. The summed E-state index contributed by atoms with van der Waals surface area (Å²) in [6, 6.07) is 1.88. The zero-order valence-corrected chi connectivity index (χ0v) is 10.3. The molecule has 0 aromatic carbocycles. The predicted molar refractivity (Wildman–Crippen MR) is 64.5 cm³/mol. The van der Waals surface area contributed by atoms with Gasteiger partial charge in [-0.25, -0.2) is 9.97 Å². The highest BCUT2D eigenvalue weighted by molar-refractivity contribution is 7.99. The number of hydrogen-bond donors (Lipinski definition) is 2. The molecule has 1 aromatic heterocycles. The number of nitrogens with zero attached hydrogens (tertiary/aromatic N) is 2. The van der Waals surface area contributed by atoms with Gasteiger partial charge in [-0.15, -0.1) is 0 Å². The summed E-state index contributed by atoms with van der Waals surface area (Å²) in [5.74, 6) is 0.679. The first-order valence-electron chi connectivity index (χ1n) is 5.54. The molecule has 4 nitrogen and oxygen atoms in total. The van der Waals surface area contributed by atoms with E-state index in [2.05, 4.69) is 15.3 Å². The molecular weight excluding hydrogens is 222 g/mol. The molecular formula is C11H17N3OS. The molecule has 1 saturated heterocycles. The monoisotopic (exact) mass is 239 g/mol. The van der Waals surface area contributed by atoms with Crippen LogP contribution in [0.15, 0.2) is 17.4 Å². The average molecular weight is 239 g/mol. The summed E-state index contributed by atoms with van der Waals surface area (Å²) in [4.78, 5) is 8.49. The second-order valence-electron chi connectivity index (χ2n) is 4.24. The summed E-state index contributed by atoms with van der Waals surface area (Å²) < 4.78 is 0. The van der Waals surface area contributed by atoms with E-state index < -0.39 is 5.60 Å². The lowest BCUT2D eigenvalue weighted by Gasteiger charge is -2.31. The molecule has 2 rings (SSSR count). The van der Waals surface area contributed by atoms with Gasteiger partial charge < -0.3 is 10.4 Å². The number of nitrogens with one attached hydrogen (secondary N) is 1. The van der Waals surface area contributed by atoms with Crippen LogP contribution in [0, 0.1) is 6.92 Å². The molecule has 0 spiro atoms. The van der Waals surface area contributed by atoms with Gasteiger partial charge in [-0.3, -0.25) is 0 Å². The minimum atomic E-state index is -0.553. The van der Waals surface area contributed by atoms with Gasteiger partial charge in [0, 0.05) is 17.6 Å². The van der Waals surface area contributed by atoms with E-state index in [4.69, 9.17) is 0 Å². The fraction of sp³-hybridized carbons (Fsp3) is 0.636. The molecule has 2 N–H and O–H groups in total. The van der Waals surface area contributed by atoms with Gasteiger partial charge in [0.25, 0.3) is 0 Å². The van der Waals surface area contributed by atoms with Crippen molar-refractivity contribution in [1.29, 1.82) is 0 Å². The number of thioether (sulfide) groups is 1. The lowest BCUT2D eigenvalue weighted by Crippen LogP contribution is -2.43. The maximum absolute atomic E-state index is 10.3. The predicted octanol–water partition coefficient (Wildman–Crippen LogP) is 0.992. The molecule has 0 aliphatic carbocycles. The zero-order valence-electron chi connectivity index (χ0n) is 9.44. The third kappa shape index (κ3) is 3.17. The van der Waals surface area contributed by atoms with E-state index >= 15 is 0 Å². The Balaban J connectivity index is 1.91. The molecule has 2 heterocycles. The van der Waals surface area contributed by atoms with E-state index in [1.807, 2.05) is 13.0 Å². The van der Waals surface area contributed by atoms with Crippen molar-refractivity contribution < 1.29 is 5.11 Å². The Morgan fingerprint density at radius 2 is 2.25 bits per heavy atom. The molecule has 0 unspecified atom stereocenters. The van der Waals surface area contributed by atoms with Crippen LogP contribution in [0.5, 0.6) is 0 Å². The van der Waals surface area contributed by atoms with Crippen LogP contribution in [0.3, 0.4) is 0 Å². The molecule has 0 amide bonds. The highest BCUT2D eigenvalue weighted by Crippen LogP contribution is 2.26. The van der Waals surface area contributed by atoms with Crippen LogP contribution < -0.4 is 5.32 Å². The molecule has 1 aliphatic rings. The van der Waals surface area contributed by atoms with Gasteiger partial charge in [0.2, 0.25) is 0 Å². The topological polar surface area (TPSA) is 58.0 Å². The number of hydrogen-bond acceptors (Lipinski definition) is 5. The Morgan fingerprint density at radius 3 is 2.94 bits per heavy atom. The maximum Gasteiger partial charge on any atom is 0.187 e. The quantitative estimate of drug-likeness (QED) is 0.608. The molecule has 0 saturated carbocycles. The van der Waals surface area contributed by atoms with Crippen molar-refractivity contribution in [3.63, 3.8) is 0 Å². The molecule has 5 heteroatoms. The van der Waals surface area contributed by atoms with Crippen molar-refractivity contribution in [1.82, 2.24) is 15.3 Å². The Labute approximate surface area is 99.9 Å². The first-order chi connectivity index (χ1) is 7.68. The zero-order chi connectivity index (χ0) is 11.4. The van der Waals surface area contributed by atoms with E-state index in [0.29, 0.717) is 5.75 Å². The van der Waals surface area contributed by atoms with Crippen LogP contribution in [-0.2, 0) is 0 Å². The Kier molecular flexibility index (Phi) is 3.78. The highest BCUT2D eigenvalue weighted by Gasteiger charge is 2.29. The first-order valence-corrected chi connectivity index (χ1v) is 6.52. The van der Waals surface area contributed by atoms with Crippen molar-refractivity contribution in [2.24, 2.45) is 0 Å². The van der Waals surface area contributed by atoms with Crippen LogP contribution in [0.4, 0.5) is 0 Å². The van der Waals surface area contributed by atoms with Crippen molar-refractivity contribution in [2.75, 3.05) is 18.8 Å². The van der Waals surface area contributed by atoms with Crippen LogP contribution in [0.1, 0.15) is 18.5 Å². The van der Waals surface area contributed by atoms with Gasteiger partial charge >= 0.3 is 0 Å². The molecule has 0 bridgehead atoms. The summed E-state index contributed by atoms with van der Waals surface area (Å²) >= 11 is 1.54. The van der Waals surface area contributed by atoms with Gasteiger partial charge in [0.1, 0.15) is 0 Å². The van der Waals surface area contributed by atoms with E-state index in [-0.39, 0.29) is 0 Å². The minimum Gasteiger partial charge on any atom is -0.389 e. The second-order valence-corrected chi connectivity index (χ2v) is 5.19. The summed E-state index contributed by atoms with van der Waals surface area (Å²) in [5.41, 5.74) is 0.415. The Bertz CT molecular complexity index is 353. The fourth-order valence-electron chi connectivity index (χ4n) is 1.73. The number of aromatic nitrogens is 2. The molecule has 1 aromatic rings. The molecule has 0 radical (unpaired) electrons. The summed E-state index contributed by atoms with van der Waals surface area (Å²) in [7, 11) is 0. The first kappa shape index (κ1) is 11.8. The minimum absolute atomic E-state index is 0.553. The summed E-state index contributed by atoms with van der Waals surface area (Å²) in [5, 5.41) is 14.3. The van der Waals surface area contributed by atoms with Crippen LogP contribution in [0.25, 0.3) is 0 Å². The van der Waals surface area contributed by atoms with Gasteiger partial charge in [0.15, 0.2) is 5.16 Å². The highest BCUT2D eigenvalue weighted by atomic mass is 32.2. The third-order valence-corrected chi connectivity index (χ3v) is 3.91. The van der Waals surface area contributed by atoms with Crippen LogP contribution in [0.2, 0.25) is 0 Å². The molecule has 16 heavy (non-hydrogen) atoms. The second kappa shape index (κ2) is 5.12. The average Bonchev–Trinajstić information content (AvgIpc) is 2.28.